The quantitative estimate of drug-likeness (QED) is 0.675. The van der Waals surface area contributed by atoms with Crippen molar-refractivity contribution < 1.29 is 14.2 Å². The molecule has 2 fully saturated rings. The molecular weight excluding hydrogens is 180 g/mol. The zero-order valence-electron chi connectivity index (χ0n) is 8.70. The third-order valence-corrected chi connectivity index (χ3v) is 3.08. The molecule has 14 heavy (non-hydrogen) atoms. The van der Waals surface area contributed by atoms with Gasteiger partial charge in [0.2, 0.25) is 0 Å². The summed E-state index contributed by atoms with van der Waals surface area (Å²) < 4.78 is 16.9. The summed E-state index contributed by atoms with van der Waals surface area (Å²) >= 11 is 0. The minimum absolute atomic E-state index is 0.0677. The molecule has 0 bridgehead atoms. The average molecular weight is 198 g/mol. The molecule has 0 aromatic carbocycles. The van der Waals surface area contributed by atoms with Gasteiger partial charge in [0, 0.05) is 12.8 Å². The highest BCUT2D eigenvalue weighted by Crippen LogP contribution is 2.35. The van der Waals surface area contributed by atoms with Gasteiger partial charge in [0.1, 0.15) is 0 Å². The van der Waals surface area contributed by atoms with Crippen LogP contribution in [0.2, 0.25) is 0 Å². The second-order valence-corrected chi connectivity index (χ2v) is 4.06. The number of hydrogen-bond donors (Lipinski definition) is 0. The highest BCUT2D eigenvalue weighted by atomic mass is 16.7. The molecule has 0 amide bonds. The van der Waals surface area contributed by atoms with Crippen LogP contribution in [0.4, 0.5) is 0 Å². The van der Waals surface area contributed by atoms with Crippen molar-refractivity contribution in [1.82, 2.24) is 0 Å². The second kappa shape index (κ2) is 4.17. The van der Waals surface area contributed by atoms with Crippen LogP contribution >= 0.6 is 0 Å². The van der Waals surface area contributed by atoms with Crippen molar-refractivity contribution in [1.29, 1.82) is 0 Å². The van der Waals surface area contributed by atoms with Crippen LogP contribution < -0.4 is 0 Å². The maximum atomic E-state index is 5.93. The smallest absolute Gasteiger partial charge is 0.173 e. The molecule has 3 heteroatoms. The third-order valence-electron chi connectivity index (χ3n) is 3.08. The molecule has 3 nitrogen and oxygen atoms in total. The first-order valence-electron chi connectivity index (χ1n) is 5.41. The predicted octanol–water partition coefficient (Wildman–Crippen LogP) is 1.65. The Kier molecular flexibility index (Phi) is 3.10. The Balaban J connectivity index is 1.92. The maximum Gasteiger partial charge on any atom is 0.173 e. The Morgan fingerprint density at radius 2 is 2.14 bits per heavy atom. The summed E-state index contributed by atoms with van der Waals surface area (Å²) in [6.07, 6.45) is 2.67. The molecule has 2 heterocycles. The van der Waals surface area contributed by atoms with Gasteiger partial charge in [-0.15, -0.1) is 0 Å². The Hall–Kier alpha value is -0.120. The van der Waals surface area contributed by atoms with Crippen molar-refractivity contribution in [3.8, 4) is 0 Å². The Labute approximate surface area is 85.7 Å². The van der Waals surface area contributed by atoms with Gasteiger partial charge in [0.25, 0.3) is 0 Å². The summed E-state index contributed by atoms with van der Waals surface area (Å²) in [5.41, 5.74) is 0. The van der Waals surface area contributed by atoms with Crippen LogP contribution in [-0.2, 0) is 14.2 Å². The molecule has 2 radical (unpaired) electrons. The van der Waals surface area contributed by atoms with Crippen LogP contribution in [0.15, 0.2) is 0 Å². The molecule has 2 saturated heterocycles. The van der Waals surface area contributed by atoms with Crippen molar-refractivity contribution in [3.63, 3.8) is 0 Å². The zero-order chi connectivity index (χ0) is 10.0. The molecule has 2 unspecified atom stereocenters. The topological polar surface area (TPSA) is 27.7 Å². The van der Waals surface area contributed by atoms with Crippen molar-refractivity contribution in [2.45, 2.75) is 38.1 Å². The highest BCUT2D eigenvalue weighted by molar-refractivity contribution is 4.85. The fourth-order valence-corrected chi connectivity index (χ4v) is 2.00. The first-order chi connectivity index (χ1) is 6.76. The van der Waals surface area contributed by atoms with E-state index in [9.17, 15) is 0 Å². The lowest BCUT2D eigenvalue weighted by Crippen LogP contribution is -2.38. The summed E-state index contributed by atoms with van der Waals surface area (Å²) in [6, 6.07) is 0. The van der Waals surface area contributed by atoms with Crippen LogP contribution in [0.25, 0.3) is 0 Å². The molecule has 2 aliphatic rings. The molecule has 80 valence electrons. The van der Waals surface area contributed by atoms with E-state index < -0.39 is 0 Å². The van der Waals surface area contributed by atoms with Crippen LogP contribution in [0.3, 0.4) is 0 Å². The van der Waals surface area contributed by atoms with E-state index in [0.717, 1.165) is 32.5 Å². The van der Waals surface area contributed by atoms with Gasteiger partial charge in [0.05, 0.1) is 25.9 Å². The summed E-state index contributed by atoms with van der Waals surface area (Å²) in [4.78, 5) is 0. The summed E-state index contributed by atoms with van der Waals surface area (Å²) in [5.74, 6) is -0.285. The Morgan fingerprint density at radius 1 is 1.43 bits per heavy atom. The van der Waals surface area contributed by atoms with Gasteiger partial charge in [0.15, 0.2) is 5.79 Å². The normalized spacial score (nSPS) is 33.4. The van der Waals surface area contributed by atoms with Gasteiger partial charge in [-0.25, -0.2) is 0 Å². The minimum Gasteiger partial charge on any atom is -0.381 e. The van der Waals surface area contributed by atoms with Gasteiger partial charge < -0.3 is 14.2 Å². The third kappa shape index (κ3) is 1.95. The first-order valence-corrected chi connectivity index (χ1v) is 5.41. The highest BCUT2D eigenvalue weighted by Gasteiger charge is 2.43. The van der Waals surface area contributed by atoms with E-state index >= 15 is 0 Å². The number of rotatable bonds is 2. The van der Waals surface area contributed by atoms with Gasteiger partial charge in [-0.2, -0.15) is 0 Å². The molecule has 2 aliphatic heterocycles. The SMILES string of the molecule is [CH]C(CC)C1COC2(CCOCC2)O1. The predicted molar refractivity (Wildman–Crippen MR) is 51.7 cm³/mol. The fourth-order valence-electron chi connectivity index (χ4n) is 2.00. The van der Waals surface area contributed by atoms with E-state index in [4.69, 9.17) is 21.1 Å². The van der Waals surface area contributed by atoms with E-state index in [2.05, 4.69) is 6.92 Å². The van der Waals surface area contributed by atoms with Gasteiger partial charge in [-0.1, -0.05) is 13.3 Å². The molecule has 0 N–H and O–H groups in total. The van der Waals surface area contributed by atoms with E-state index in [1.807, 2.05) is 0 Å². The largest absolute Gasteiger partial charge is 0.381 e. The molecule has 0 aromatic rings. The summed E-state index contributed by atoms with van der Waals surface area (Å²) in [6.45, 7) is 10.1. The monoisotopic (exact) mass is 198 g/mol. The van der Waals surface area contributed by atoms with E-state index in [-0.39, 0.29) is 17.8 Å². The van der Waals surface area contributed by atoms with Gasteiger partial charge in [-0.3, -0.25) is 0 Å². The van der Waals surface area contributed by atoms with Gasteiger partial charge >= 0.3 is 0 Å². The standard InChI is InChI=1S/C11H18O3/c1-3-9(2)10-8-13-11(14-10)4-6-12-7-5-11/h2,9-10H,3-8H2,1H3. The minimum atomic E-state index is -0.379. The van der Waals surface area contributed by atoms with Crippen molar-refractivity contribution >= 4 is 0 Å². The van der Waals surface area contributed by atoms with Crippen LogP contribution in [0, 0.1) is 12.8 Å². The van der Waals surface area contributed by atoms with Crippen molar-refractivity contribution in [2.75, 3.05) is 19.8 Å². The van der Waals surface area contributed by atoms with Crippen molar-refractivity contribution in [3.05, 3.63) is 6.92 Å². The van der Waals surface area contributed by atoms with Crippen LogP contribution in [-0.4, -0.2) is 31.7 Å². The van der Waals surface area contributed by atoms with Gasteiger partial charge in [-0.05, 0) is 12.8 Å². The first kappa shape index (κ1) is 10.4. The molecule has 0 aliphatic carbocycles. The maximum absolute atomic E-state index is 5.93. The lowest BCUT2D eigenvalue weighted by molar-refractivity contribution is -0.213. The number of ether oxygens (including phenoxy) is 3. The molecular formula is C11H18O3. The molecule has 2 rings (SSSR count). The number of hydrogen-bond acceptors (Lipinski definition) is 3. The summed E-state index contributed by atoms with van der Waals surface area (Å²) in [5, 5.41) is 0. The summed E-state index contributed by atoms with van der Waals surface area (Å²) in [7, 11) is 0. The lowest BCUT2D eigenvalue weighted by atomic mass is 10.0. The van der Waals surface area contributed by atoms with Crippen LogP contribution in [0.1, 0.15) is 26.2 Å². The van der Waals surface area contributed by atoms with Crippen LogP contribution in [0.5, 0.6) is 0 Å². The molecule has 0 aromatic heterocycles. The van der Waals surface area contributed by atoms with E-state index in [1.165, 1.54) is 0 Å². The van der Waals surface area contributed by atoms with E-state index in [0.29, 0.717) is 6.61 Å². The zero-order valence-corrected chi connectivity index (χ0v) is 8.70. The lowest BCUT2D eigenvalue weighted by Gasteiger charge is -2.32. The molecule has 0 saturated carbocycles. The molecule has 2 atom stereocenters. The average Bonchev–Trinajstić information content (AvgIpc) is 2.62. The molecule has 1 spiro atoms. The fraction of sp³-hybridized carbons (Fsp3) is 0.909. The Morgan fingerprint density at radius 3 is 2.79 bits per heavy atom. The van der Waals surface area contributed by atoms with E-state index in [1.54, 1.807) is 0 Å². The Bertz CT molecular complexity index is 187. The van der Waals surface area contributed by atoms with Crippen molar-refractivity contribution in [2.24, 2.45) is 5.92 Å². The second-order valence-electron chi connectivity index (χ2n) is 4.06.